The van der Waals surface area contributed by atoms with Crippen molar-refractivity contribution in [2.24, 2.45) is 0 Å². The lowest BCUT2D eigenvalue weighted by atomic mass is 10.1. The monoisotopic (exact) mass is 421 g/mol. The summed E-state index contributed by atoms with van der Waals surface area (Å²) in [6.07, 6.45) is -0.401. The molecule has 162 valence electrons. The molecule has 6 nitrogen and oxygen atoms in total. The van der Waals surface area contributed by atoms with Gasteiger partial charge >= 0.3 is 12.1 Å². The lowest BCUT2D eigenvalue weighted by molar-refractivity contribution is -0.143. The molecule has 31 heavy (non-hydrogen) atoms. The number of carbonyl (C=O) groups excluding carboxylic acids is 2. The fraction of sp³-hybridized carbons (Fsp3) is 0.280. The van der Waals surface area contributed by atoms with Crippen LogP contribution in [0.25, 0.3) is 10.8 Å². The molecular weight excluding hydrogens is 394 g/mol. The van der Waals surface area contributed by atoms with Crippen LogP contribution < -0.4 is 10.1 Å². The number of hydrogen-bond acceptors (Lipinski definition) is 5. The van der Waals surface area contributed by atoms with E-state index in [0.717, 1.165) is 22.1 Å². The van der Waals surface area contributed by atoms with E-state index >= 15 is 0 Å². The zero-order chi connectivity index (χ0) is 22.4. The first-order valence-corrected chi connectivity index (χ1v) is 10.1. The van der Waals surface area contributed by atoms with E-state index in [0.29, 0.717) is 5.75 Å². The Kier molecular flexibility index (Phi) is 6.80. The average molecular weight is 421 g/mol. The molecule has 6 heteroatoms. The Balaban J connectivity index is 1.66. The van der Waals surface area contributed by atoms with Crippen LogP contribution in [0.1, 0.15) is 26.3 Å². The third-order valence-corrected chi connectivity index (χ3v) is 4.50. The molecule has 0 aliphatic carbocycles. The van der Waals surface area contributed by atoms with Gasteiger partial charge in [-0.25, -0.2) is 9.59 Å². The number of hydrogen-bond donors (Lipinski definition) is 1. The molecule has 0 aliphatic rings. The number of esters is 1. The molecule has 0 radical (unpaired) electrons. The van der Waals surface area contributed by atoms with Crippen molar-refractivity contribution in [1.29, 1.82) is 0 Å². The molecule has 0 heterocycles. The Bertz CT molecular complexity index is 1050. The van der Waals surface area contributed by atoms with E-state index in [1.165, 1.54) is 7.11 Å². The van der Waals surface area contributed by atoms with Gasteiger partial charge in [-0.2, -0.15) is 0 Å². The van der Waals surface area contributed by atoms with E-state index < -0.39 is 23.7 Å². The Hall–Kier alpha value is -3.54. The van der Waals surface area contributed by atoms with E-state index in [1.807, 2.05) is 60.7 Å². The molecule has 0 saturated carbocycles. The van der Waals surface area contributed by atoms with Crippen LogP contribution in [-0.4, -0.2) is 30.8 Å². The first-order valence-electron chi connectivity index (χ1n) is 10.1. The molecule has 3 rings (SSSR count). The van der Waals surface area contributed by atoms with Crippen LogP contribution in [0.2, 0.25) is 0 Å². The maximum atomic E-state index is 12.1. The lowest BCUT2D eigenvalue weighted by Crippen LogP contribution is -2.45. The predicted octanol–water partition coefficient (Wildman–Crippen LogP) is 5.24. The molecule has 0 saturated heterocycles. The van der Waals surface area contributed by atoms with E-state index in [-0.39, 0.29) is 6.42 Å². The van der Waals surface area contributed by atoms with Crippen LogP contribution in [0.15, 0.2) is 66.7 Å². The number of rotatable bonds is 6. The van der Waals surface area contributed by atoms with E-state index in [4.69, 9.17) is 14.2 Å². The highest BCUT2D eigenvalue weighted by Gasteiger charge is 2.25. The van der Waals surface area contributed by atoms with Crippen molar-refractivity contribution in [3.05, 3.63) is 72.3 Å². The van der Waals surface area contributed by atoms with Crippen LogP contribution in [0, 0.1) is 0 Å². The summed E-state index contributed by atoms with van der Waals surface area (Å²) >= 11 is 0. The third kappa shape index (κ3) is 6.47. The summed E-state index contributed by atoms with van der Waals surface area (Å²) < 4.78 is 16.0. The highest BCUT2D eigenvalue weighted by molar-refractivity contribution is 5.84. The molecule has 1 N–H and O–H groups in total. The van der Waals surface area contributed by atoms with Crippen LogP contribution in [0.5, 0.6) is 11.5 Å². The predicted molar refractivity (Wildman–Crippen MR) is 119 cm³/mol. The second-order valence-electron chi connectivity index (χ2n) is 8.18. The number of benzene rings is 3. The zero-order valence-electron chi connectivity index (χ0n) is 18.2. The van der Waals surface area contributed by atoms with Gasteiger partial charge in [0, 0.05) is 6.42 Å². The Labute approximate surface area is 182 Å². The standard InChI is InChI=1S/C25H27NO5/c1-25(2,3)31-24(28)26-22(23(27)29-4)15-17-9-12-20(13-10-17)30-21-14-11-18-7-5-6-8-19(18)16-21/h5-14,16,22H,15H2,1-4H3,(H,26,28)/t22-/m1/s1. The molecule has 1 amide bonds. The van der Waals surface area contributed by atoms with Crippen molar-refractivity contribution in [3.63, 3.8) is 0 Å². The van der Waals surface area contributed by atoms with Crippen LogP contribution in [0.4, 0.5) is 4.79 Å². The van der Waals surface area contributed by atoms with Crippen LogP contribution in [-0.2, 0) is 20.7 Å². The highest BCUT2D eigenvalue weighted by atomic mass is 16.6. The van der Waals surface area contributed by atoms with E-state index in [2.05, 4.69) is 11.4 Å². The van der Waals surface area contributed by atoms with Crippen molar-refractivity contribution in [1.82, 2.24) is 5.32 Å². The molecule has 0 fully saturated rings. The Morgan fingerprint density at radius 2 is 1.55 bits per heavy atom. The van der Waals surface area contributed by atoms with E-state index in [1.54, 1.807) is 20.8 Å². The molecule has 3 aromatic rings. The normalized spacial score (nSPS) is 12.1. The van der Waals surface area contributed by atoms with Gasteiger partial charge in [0.1, 0.15) is 23.1 Å². The van der Waals surface area contributed by atoms with Gasteiger partial charge in [0.15, 0.2) is 0 Å². The molecular formula is C25H27NO5. The number of carbonyl (C=O) groups is 2. The molecule has 0 unspecified atom stereocenters. The van der Waals surface area contributed by atoms with Gasteiger partial charge in [0.05, 0.1) is 7.11 Å². The first-order chi connectivity index (χ1) is 14.7. The first kappa shape index (κ1) is 22.2. The average Bonchev–Trinajstić information content (AvgIpc) is 2.72. The SMILES string of the molecule is COC(=O)[C@@H](Cc1ccc(Oc2ccc3ccccc3c2)cc1)NC(=O)OC(C)(C)C. The van der Waals surface area contributed by atoms with Crippen LogP contribution in [0.3, 0.4) is 0 Å². The van der Waals surface area contributed by atoms with Gasteiger partial charge in [-0.15, -0.1) is 0 Å². The molecule has 0 bridgehead atoms. The summed E-state index contributed by atoms with van der Waals surface area (Å²) in [5.41, 5.74) is 0.185. The summed E-state index contributed by atoms with van der Waals surface area (Å²) in [4.78, 5) is 24.2. The fourth-order valence-electron chi connectivity index (χ4n) is 3.08. The third-order valence-electron chi connectivity index (χ3n) is 4.50. The highest BCUT2D eigenvalue weighted by Crippen LogP contribution is 2.26. The summed E-state index contributed by atoms with van der Waals surface area (Å²) in [5.74, 6) is 0.876. The number of amides is 1. The maximum Gasteiger partial charge on any atom is 0.408 e. The molecule has 0 aromatic heterocycles. The quantitative estimate of drug-likeness (QED) is 0.551. The van der Waals surface area contributed by atoms with Crippen molar-refractivity contribution >= 4 is 22.8 Å². The molecule has 3 aromatic carbocycles. The Morgan fingerprint density at radius 3 is 2.19 bits per heavy atom. The fourth-order valence-corrected chi connectivity index (χ4v) is 3.08. The van der Waals surface area contributed by atoms with Gasteiger partial charge in [-0.1, -0.05) is 42.5 Å². The minimum atomic E-state index is -0.855. The maximum absolute atomic E-state index is 12.1. The van der Waals surface area contributed by atoms with Crippen molar-refractivity contribution in [2.45, 2.75) is 38.8 Å². The van der Waals surface area contributed by atoms with Gasteiger partial charge < -0.3 is 19.5 Å². The number of nitrogens with one attached hydrogen (secondary N) is 1. The smallest absolute Gasteiger partial charge is 0.408 e. The van der Waals surface area contributed by atoms with Gasteiger partial charge in [-0.3, -0.25) is 0 Å². The second kappa shape index (κ2) is 9.51. The summed E-state index contributed by atoms with van der Waals surface area (Å²) in [6, 6.07) is 20.5. The van der Waals surface area contributed by atoms with Gasteiger partial charge in [-0.05, 0) is 61.4 Å². The largest absolute Gasteiger partial charge is 0.467 e. The number of fused-ring (bicyclic) bond motifs is 1. The summed E-state index contributed by atoms with van der Waals surface area (Å²) in [7, 11) is 1.28. The molecule has 1 atom stereocenters. The topological polar surface area (TPSA) is 73.9 Å². The number of ether oxygens (including phenoxy) is 3. The summed E-state index contributed by atoms with van der Waals surface area (Å²) in [5, 5.41) is 4.83. The van der Waals surface area contributed by atoms with E-state index in [9.17, 15) is 9.59 Å². The van der Waals surface area contributed by atoms with Crippen LogP contribution >= 0.6 is 0 Å². The zero-order valence-corrected chi connectivity index (χ0v) is 18.2. The Morgan fingerprint density at radius 1 is 0.903 bits per heavy atom. The lowest BCUT2D eigenvalue weighted by Gasteiger charge is -2.22. The van der Waals surface area contributed by atoms with Gasteiger partial charge in [0.25, 0.3) is 0 Å². The van der Waals surface area contributed by atoms with Gasteiger partial charge in [0.2, 0.25) is 0 Å². The minimum absolute atomic E-state index is 0.266. The second-order valence-corrected chi connectivity index (χ2v) is 8.18. The molecule has 0 spiro atoms. The van der Waals surface area contributed by atoms with Crippen molar-refractivity contribution in [3.8, 4) is 11.5 Å². The number of methoxy groups -OCH3 is 1. The number of alkyl carbamates (subject to hydrolysis) is 1. The minimum Gasteiger partial charge on any atom is -0.467 e. The molecule has 0 aliphatic heterocycles. The van der Waals surface area contributed by atoms with Crippen molar-refractivity contribution < 1.29 is 23.8 Å². The summed E-state index contributed by atoms with van der Waals surface area (Å²) in [6.45, 7) is 5.27. The van der Waals surface area contributed by atoms with Crippen molar-refractivity contribution in [2.75, 3.05) is 7.11 Å².